The molecule has 2 aliphatic rings. The van der Waals surface area contributed by atoms with Crippen LogP contribution in [0.1, 0.15) is 89.2 Å². The fourth-order valence-corrected chi connectivity index (χ4v) is 9.09. The number of hydrogen-bond acceptors (Lipinski definition) is 10. The van der Waals surface area contributed by atoms with Crippen molar-refractivity contribution in [2.24, 2.45) is 29.2 Å². The van der Waals surface area contributed by atoms with Crippen molar-refractivity contribution in [1.82, 2.24) is 15.5 Å². The van der Waals surface area contributed by atoms with Crippen LogP contribution in [0.25, 0.3) is 0 Å². The summed E-state index contributed by atoms with van der Waals surface area (Å²) in [4.78, 5) is 70.0. The first-order chi connectivity index (χ1) is 27.2. The van der Waals surface area contributed by atoms with Crippen LogP contribution in [0.15, 0.2) is 60.7 Å². The van der Waals surface area contributed by atoms with E-state index >= 15 is 0 Å². The van der Waals surface area contributed by atoms with E-state index < -0.39 is 51.9 Å². The number of carbonyl (C=O) groups excluding carboxylic acids is 5. The van der Waals surface area contributed by atoms with Crippen molar-refractivity contribution >= 4 is 39.3 Å². The number of rotatable bonds is 21. The van der Waals surface area contributed by atoms with Crippen molar-refractivity contribution in [1.29, 1.82) is 0 Å². The summed E-state index contributed by atoms with van der Waals surface area (Å²) >= 11 is 0. The van der Waals surface area contributed by atoms with Crippen molar-refractivity contribution in [3.05, 3.63) is 71.8 Å². The van der Waals surface area contributed by atoms with Crippen molar-refractivity contribution in [2.45, 2.75) is 115 Å². The van der Waals surface area contributed by atoms with Gasteiger partial charge in [0.2, 0.25) is 11.8 Å². The Kier molecular flexibility index (Phi) is 18.2. The van der Waals surface area contributed by atoms with E-state index in [1.165, 1.54) is 0 Å². The fourth-order valence-electron chi connectivity index (χ4n) is 7.64. The molecule has 4 rings (SSSR count). The maximum atomic E-state index is 14.1. The minimum Gasteiger partial charge on any atom is -0.446 e. The summed E-state index contributed by atoms with van der Waals surface area (Å²) in [5.41, 5.74) is 13.9. The van der Waals surface area contributed by atoms with Crippen LogP contribution in [-0.2, 0) is 46.6 Å². The molecule has 0 unspecified atom stereocenters. The number of sulfone groups is 1. The Labute approximate surface area is 338 Å². The number of nitrogens with two attached hydrogens (primary N) is 2. The molecule has 0 bridgehead atoms. The maximum absolute atomic E-state index is 14.1. The fraction of sp³-hybridized carbons (Fsp3) is 0.605. The van der Waals surface area contributed by atoms with Gasteiger partial charge in [-0.05, 0) is 81.4 Å². The van der Waals surface area contributed by atoms with Gasteiger partial charge in [0, 0.05) is 43.8 Å². The molecule has 2 aliphatic heterocycles. The molecular formula is C43H63N5O8S. The molecule has 3 amide bonds. The molecule has 0 radical (unpaired) electrons. The second-order valence-electron chi connectivity index (χ2n) is 16.2. The van der Waals surface area contributed by atoms with E-state index in [2.05, 4.69) is 10.6 Å². The molecule has 14 heteroatoms. The predicted molar refractivity (Wildman–Crippen MR) is 220 cm³/mol. The van der Waals surface area contributed by atoms with Crippen LogP contribution in [0.5, 0.6) is 0 Å². The standard InChI is InChI=1S/C43H63N5O8S/c1-30(2)25-38(47-41(51)34(26-31-11-5-3-6-12-31)29-39(49)37(45)27-32-13-7-4-8-14-32)40(50)28-33(15-9-10-20-44)42(52)48-21-16-35(17-22-48)46-43(53)56-36-18-23-57(54,55)24-19-36/h3-8,11-14,30,33-38H,9-10,15-29,44-45H2,1-2H3,(H,46,53)(H,47,51)/t33-,34-,37+,38+/m0/s1. The summed E-state index contributed by atoms with van der Waals surface area (Å²) in [6, 6.07) is 17.1. The van der Waals surface area contributed by atoms with Crippen LogP contribution in [-0.4, -0.2) is 98.2 Å². The van der Waals surface area contributed by atoms with Crippen molar-refractivity contribution in [3.63, 3.8) is 0 Å². The van der Waals surface area contributed by atoms with Crippen LogP contribution < -0.4 is 22.1 Å². The molecule has 2 heterocycles. The van der Waals surface area contributed by atoms with Gasteiger partial charge in [-0.2, -0.15) is 0 Å². The van der Waals surface area contributed by atoms with Crippen LogP contribution in [0.2, 0.25) is 0 Å². The summed E-state index contributed by atoms with van der Waals surface area (Å²) in [5.74, 6) is -2.29. The SMILES string of the molecule is CC(C)C[C@@H](NC(=O)[C@H](CC(=O)[C@H](N)Cc1ccccc1)Cc1ccccc1)C(=O)C[C@H](CCCCN)C(=O)N1CCC(NC(=O)OC2CCS(=O)(=O)CC2)CC1. The van der Waals surface area contributed by atoms with Crippen molar-refractivity contribution in [2.75, 3.05) is 31.1 Å². The zero-order valence-electron chi connectivity index (χ0n) is 33.6. The third kappa shape index (κ3) is 15.6. The first-order valence-corrected chi connectivity index (χ1v) is 22.4. The van der Waals surface area contributed by atoms with E-state index in [1.807, 2.05) is 74.5 Å². The van der Waals surface area contributed by atoms with Crippen molar-refractivity contribution < 1.29 is 37.1 Å². The molecule has 57 heavy (non-hydrogen) atoms. The quantitative estimate of drug-likeness (QED) is 0.134. The number of ketones is 2. The van der Waals surface area contributed by atoms with E-state index in [9.17, 15) is 32.4 Å². The number of likely N-dealkylation sites (tertiary alicyclic amines) is 1. The lowest BCUT2D eigenvalue weighted by Gasteiger charge is -2.35. The molecule has 6 N–H and O–H groups in total. The van der Waals surface area contributed by atoms with Crippen LogP contribution in [0, 0.1) is 17.8 Å². The predicted octanol–water partition coefficient (Wildman–Crippen LogP) is 3.90. The Morgan fingerprint density at radius 2 is 1.39 bits per heavy atom. The molecule has 314 valence electrons. The second kappa shape index (κ2) is 22.7. The second-order valence-corrected chi connectivity index (χ2v) is 18.5. The zero-order valence-corrected chi connectivity index (χ0v) is 34.4. The van der Waals surface area contributed by atoms with Gasteiger partial charge in [0.15, 0.2) is 21.4 Å². The summed E-state index contributed by atoms with van der Waals surface area (Å²) < 4.78 is 28.9. The molecular weight excluding hydrogens is 747 g/mol. The van der Waals surface area contributed by atoms with Crippen LogP contribution >= 0.6 is 0 Å². The average molecular weight is 810 g/mol. The third-order valence-electron chi connectivity index (χ3n) is 11.0. The number of nitrogens with zero attached hydrogens (tertiary/aromatic N) is 1. The van der Waals surface area contributed by atoms with Gasteiger partial charge in [-0.3, -0.25) is 19.2 Å². The highest BCUT2D eigenvalue weighted by atomic mass is 32.2. The number of unbranched alkanes of at least 4 members (excludes halogenated alkanes) is 1. The average Bonchev–Trinajstić information content (AvgIpc) is 3.18. The van der Waals surface area contributed by atoms with E-state index in [-0.39, 0.29) is 66.6 Å². The Morgan fingerprint density at radius 3 is 1.96 bits per heavy atom. The normalized spacial score (nSPS) is 18.2. The van der Waals surface area contributed by atoms with Gasteiger partial charge < -0.3 is 31.7 Å². The Bertz CT molecular complexity index is 1700. The first-order valence-electron chi connectivity index (χ1n) is 20.6. The Hall–Kier alpha value is -4.14. The van der Waals surface area contributed by atoms with Gasteiger partial charge >= 0.3 is 6.09 Å². The topological polar surface area (TPSA) is 208 Å². The highest BCUT2D eigenvalue weighted by Crippen LogP contribution is 2.24. The van der Waals surface area contributed by atoms with Gasteiger partial charge in [0.1, 0.15) is 6.10 Å². The van der Waals surface area contributed by atoms with E-state index in [1.54, 1.807) is 4.90 Å². The molecule has 0 aromatic heterocycles. The summed E-state index contributed by atoms with van der Waals surface area (Å²) in [6.07, 6.45) is 3.29. The molecule has 0 aliphatic carbocycles. The smallest absolute Gasteiger partial charge is 0.407 e. The zero-order chi connectivity index (χ0) is 41.4. The minimum atomic E-state index is -3.07. The summed E-state index contributed by atoms with van der Waals surface area (Å²) in [6.45, 7) is 5.18. The lowest BCUT2D eigenvalue weighted by molar-refractivity contribution is -0.140. The first kappa shape index (κ1) is 45.6. The number of benzene rings is 2. The number of nitrogens with one attached hydrogen (secondary N) is 2. The molecule has 4 atom stereocenters. The number of ether oxygens (including phenoxy) is 1. The summed E-state index contributed by atoms with van der Waals surface area (Å²) in [7, 11) is -3.07. The number of amides is 3. The lowest BCUT2D eigenvalue weighted by atomic mass is 9.87. The maximum Gasteiger partial charge on any atom is 0.407 e. The van der Waals surface area contributed by atoms with Gasteiger partial charge in [-0.15, -0.1) is 0 Å². The van der Waals surface area contributed by atoms with Crippen LogP contribution in [0.3, 0.4) is 0 Å². The summed E-state index contributed by atoms with van der Waals surface area (Å²) in [5, 5.41) is 5.87. The lowest BCUT2D eigenvalue weighted by Crippen LogP contribution is -2.50. The number of Topliss-reactive ketones (excluding diaryl/α,β-unsaturated/α-hetero) is 2. The monoisotopic (exact) mass is 809 g/mol. The molecule has 0 saturated carbocycles. The molecule has 2 aromatic carbocycles. The van der Waals surface area contributed by atoms with Gasteiger partial charge in [-0.25, -0.2) is 13.2 Å². The van der Waals surface area contributed by atoms with Crippen LogP contribution in [0.4, 0.5) is 4.79 Å². The largest absolute Gasteiger partial charge is 0.446 e. The number of carbonyl (C=O) groups is 5. The number of piperidine rings is 1. The van der Waals surface area contributed by atoms with Gasteiger partial charge in [0.05, 0.1) is 23.6 Å². The van der Waals surface area contributed by atoms with Gasteiger partial charge in [0.25, 0.3) is 0 Å². The third-order valence-corrected chi connectivity index (χ3v) is 12.7. The van der Waals surface area contributed by atoms with E-state index in [4.69, 9.17) is 16.2 Å². The highest BCUT2D eigenvalue weighted by molar-refractivity contribution is 7.91. The molecule has 2 saturated heterocycles. The number of hydrogen-bond donors (Lipinski definition) is 4. The molecule has 2 fully saturated rings. The van der Waals surface area contributed by atoms with E-state index in [0.29, 0.717) is 71.0 Å². The van der Waals surface area contributed by atoms with Crippen molar-refractivity contribution in [3.8, 4) is 0 Å². The Balaban J connectivity index is 1.39. The van der Waals surface area contributed by atoms with Gasteiger partial charge in [-0.1, -0.05) is 80.9 Å². The highest BCUT2D eigenvalue weighted by Gasteiger charge is 2.35. The molecule has 13 nitrogen and oxygen atoms in total. The van der Waals surface area contributed by atoms with E-state index in [0.717, 1.165) is 11.1 Å². The molecule has 2 aromatic rings. The minimum absolute atomic E-state index is 0.00547. The number of alkyl carbamates (subject to hydrolysis) is 1. The Morgan fingerprint density at radius 1 is 0.807 bits per heavy atom. The molecule has 0 spiro atoms.